The number of likely N-dealkylation sites (N-methyl/N-ethyl adjacent to an activating group) is 1. The van der Waals surface area contributed by atoms with Gasteiger partial charge >= 0.3 is 6.03 Å². The summed E-state index contributed by atoms with van der Waals surface area (Å²) in [6.07, 6.45) is 1.13. The number of halogens is 2. The Morgan fingerprint density at radius 1 is 1.13 bits per heavy atom. The van der Waals surface area contributed by atoms with Crippen LogP contribution in [0.2, 0.25) is 0 Å². The summed E-state index contributed by atoms with van der Waals surface area (Å²) in [6.45, 7) is 2.51. The predicted octanol–water partition coefficient (Wildman–Crippen LogP) is 3.91. The summed E-state index contributed by atoms with van der Waals surface area (Å²) in [4.78, 5) is 14.1. The molecule has 3 rings (SSSR count). The number of hydrogen-bond acceptors (Lipinski definition) is 3. The van der Waals surface area contributed by atoms with Crippen LogP contribution in [-0.2, 0) is 10.0 Å². The molecule has 162 valence electrons. The molecule has 9 heteroatoms. The van der Waals surface area contributed by atoms with Crippen LogP contribution in [0.4, 0.5) is 19.3 Å². The quantitative estimate of drug-likeness (QED) is 0.745. The zero-order valence-corrected chi connectivity index (χ0v) is 17.8. The maximum atomic E-state index is 13.4. The van der Waals surface area contributed by atoms with Gasteiger partial charge in [0, 0.05) is 37.9 Å². The summed E-state index contributed by atoms with van der Waals surface area (Å²) in [6, 6.07) is 9.37. The fourth-order valence-corrected chi connectivity index (χ4v) is 5.07. The van der Waals surface area contributed by atoms with Gasteiger partial charge in [-0.2, -0.15) is 4.31 Å². The number of anilines is 1. The van der Waals surface area contributed by atoms with E-state index < -0.39 is 21.7 Å². The van der Waals surface area contributed by atoms with E-state index in [0.29, 0.717) is 36.2 Å². The molecule has 2 aromatic rings. The molecular formula is C21H25F2N3O3S. The van der Waals surface area contributed by atoms with E-state index in [1.807, 2.05) is 6.92 Å². The minimum Gasteiger partial charge on any atom is -0.323 e. The number of benzene rings is 2. The van der Waals surface area contributed by atoms with Crippen molar-refractivity contribution in [2.75, 3.05) is 31.2 Å². The van der Waals surface area contributed by atoms with Crippen molar-refractivity contribution < 1.29 is 22.0 Å². The van der Waals surface area contributed by atoms with Gasteiger partial charge in [0.15, 0.2) is 0 Å². The summed E-state index contributed by atoms with van der Waals surface area (Å²) >= 11 is 0. The van der Waals surface area contributed by atoms with Crippen LogP contribution < -0.4 is 5.32 Å². The van der Waals surface area contributed by atoms with Crippen molar-refractivity contribution in [2.45, 2.75) is 25.8 Å². The van der Waals surface area contributed by atoms with Crippen molar-refractivity contribution in [1.29, 1.82) is 0 Å². The molecule has 6 nitrogen and oxygen atoms in total. The molecule has 0 radical (unpaired) electrons. The Kier molecular flexibility index (Phi) is 6.72. The van der Waals surface area contributed by atoms with Crippen LogP contribution in [0, 0.1) is 11.6 Å². The summed E-state index contributed by atoms with van der Waals surface area (Å²) in [5, 5.41) is 2.77. The van der Waals surface area contributed by atoms with Crippen molar-refractivity contribution >= 4 is 21.7 Å². The molecule has 0 aliphatic carbocycles. The number of nitrogens with zero attached hydrogens (tertiary/aromatic N) is 2. The number of urea groups is 1. The smallest absolute Gasteiger partial charge is 0.321 e. The monoisotopic (exact) mass is 437 g/mol. The highest BCUT2D eigenvalue weighted by Gasteiger charge is 2.34. The average Bonchev–Trinajstić information content (AvgIpc) is 3.18. The first-order valence-corrected chi connectivity index (χ1v) is 11.4. The fourth-order valence-electron chi connectivity index (χ4n) is 3.51. The molecule has 0 bridgehead atoms. The average molecular weight is 438 g/mol. The Hall–Kier alpha value is -2.52. The van der Waals surface area contributed by atoms with Crippen LogP contribution in [0.15, 0.2) is 42.5 Å². The van der Waals surface area contributed by atoms with Crippen LogP contribution in [0.1, 0.15) is 19.8 Å². The van der Waals surface area contributed by atoms with Crippen LogP contribution in [-0.4, -0.2) is 55.6 Å². The lowest BCUT2D eigenvalue weighted by molar-refractivity contribution is 0.206. The third kappa shape index (κ3) is 5.14. The molecule has 0 saturated carbocycles. The zero-order valence-electron chi connectivity index (χ0n) is 16.9. The first-order chi connectivity index (χ1) is 14.2. The van der Waals surface area contributed by atoms with Gasteiger partial charge in [-0.25, -0.2) is 22.0 Å². The van der Waals surface area contributed by atoms with Gasteiger partial charge in [-0.05, 0) is 48.2 Å². The van der Waals surface area contributed by atoms with Crippen LogP contribution >= 0.6 is 0 Å². The number of carbonyl (C=O) groups excluding carboxylic acids is 1. The minimum atomic E-state index is -3.28. The summed E-state index contributed by atoms with van der Waals surface area (Å²) in [5.74, 6) is -1.21. The number of rotatable bonds is 6. The highest BCUT2D eigenvalue weighted by molar-refractivity contribution is 7.89. The molecule has 1 aliphatic rings. The van der Waals surface area contributed by atoms with E-state index in [0.717, 1.165) is 6.07 Å². The molecular weight excluding hydrogens is 412 g/mol. The van der Waals surface area contributed by atoms with Crippen molar-refractivity contribution in [3.05, 3.63) is 54.1 Å². The highest BCUT2D eigenvalue weighted by atomic mass is 32.2. The van der Waals surface area contributed by atoms with Gasteiger partial charge in [0.05, 0.1) is 5.75 Å². The molecule has 0 unspecified atom stereocenters. The van der Waals surface area contributed by atoms with Crippen LogP contribution in [0.25, 0.3) is 11.1 Å². The molecule has 0 spiro atoms. The Morgan fingerprint density at radius 2 is 1.77 bits per heavy atom. The molecule has 2 amide bonds. The first kappa shape index (κ1) is 22.2. The zero-order chi connectivity index (χ0) is 21.9. The standard InChI is InChI=1S/C21H25F2N3O3S/c1-3-10-30(28,29)26-9-8-20(14-26)25(2)21(27)24-19-6-4-15(5-7-19)16-11-17(22)13-18(23)12-16/h4-7,11-13,20H,3,8-10,14H2,1-2H3,(H,24,27)/t20-/m1/s1. The third-order valence-electron chi connectivity index (χ3n) is 5.18. The second-order valence-corrected chi connectivity index (χ2v) is 9.48. The lowest BCUT2D eigenvalue weighted by atomic mass is 10.1. The molecule has 1 atom stereocenters. The Balaban J connectivity index is 1.62. The van der Waals surface area contributed by atoms with Gasteiger partial charge in [-0.1, -0.05) is 19.1 Å². The molecule has 0 aromatic heterocycles. The van der Waals surface area contributed by atoms with E-state index >= 15 is 0 Å². The summed E-state index contributed by atoms with van der Waals surface area (Å²) in [7, 11) is -1.64. The molecule has 1 aliphatic heterocycles. The maximum absolute atomic E-state index is 13.4. The molecule has 1 saturated heterocycles. The number of carbonyl (C=O) groups is 1. The van der Waals surface area contributed by atoms with Gasteiger partial charge in [-0.3, -0.25) is 0 Å². The number of nitrogens with one attached hydrogen (secondary N) is 1. The van der Waals surface area contributed by atoms with Gasteiger partial charge in [0.25, 0.3) is 0 Å². The lowest BCUT2D eigenvalue weighted by Crippen LogP contribution is -2.42. The Morgan fingerprint density at radius 3 is 2.37 bits per heavy atom. The summed E-state index contributed by atoms with van der Waals surface area (Å²) in [5.41, 5.74) is 1.55. The topological polar surface area (TPSA) is 69.7 Å². The van der Waals surface area contributed by atoms with Crippen molar-refractivity contribution in [1.82, 2.24) is 9.21 Å². The highest BCUT2D eigenvalue weighted by Crippen LogP contribution is 2.24. The second-order valence-electron chi connectivity index (χ2n) is 7.39. The van der Waals surface area contributed by atoms with E-state index in [2.05, 4.69) is 5.32 Å². The molecule has 1 fully saturated rings. The van der Waals surface area contributed by atoms with Crippen molar-refractivity contribution in [3.8, 4) is 11.1 Å². The summed E-state index contributed by atoms with van der Waals surface area (Å²) < 4.78 is 52.7. The number of sulfonamides is 1. The van der Waals surface area contributed by atoms with E-state index in [-0.39, 0.29) is 24.4 Å². The fraction of sp³-hybridized carbons (Fsp3) is 0.381. The van der Waals surface area contributed by atoms with Gasteiger partial charge in [0.1, 0.15) is 11.6 Å². The Labute approximate surface area is 175 Å². The molecule has 30 heavy (non-hydrogen) atoms. The molecule has 1 heterocycles. The van der Waals surface area contributed by atoms with E-state index in [4.69, 9.17) is 0 Å². The third-order valence-corrected chi connectivity index (χ3v) is 7.22. The first-order valence-electron chi connectivity index (χ1n) is 9.78. The minimum absolute atomic E-state index is 0.108. The van der Waals surface area contributed by atoms with Crippen molar-refractivity contribution in [3.63, 3.8) is 0 Å². The van der Waals surface area contributed by atoms with E-state index in [1.54, 1.807) is 31.3 Å². The van der Waals surface area contributed by atoms with Crippen LogP contribution in [0.3, 0.4) is 0 Å². The SMILES string of the molecule is CCCS(=O)(=O)N1CC[C@@H](N(C)C(=O)Nc2ccc(-c3cc(F)cc(F)c3)cc2)C1. The van der Waals surface area contributed by atoms with Crippen LogP contribution in [0.5, 0.6) is 0 Å². The predicted molar refractivity (Wildman–Crippen MR) is 113 cm³/mol. The maximum Gasteiger partial charge on any atom is 0.321 e. The van der Waals surface area contributed by atoms with E-state index in [9.17, 15) is 22.0 Å². The largest absolute Gasteiger partial charge is 0.323 e. The van der Waals surface area contributed by atoms with Gasteiger partial charge < -0.3 is 10.2 Å². The second kappa shape index (κ2) is 9.09. The van der Waals surface area contributed by atoms with Crippen molar-refractivity contribution in [2.24, 2.45) is 0 Å². The number of hydrogen-bond donors (Lipinski definition) is 1. The van der Waals surface area contributed by atoms with Gasteiger partial charge in [0.2, 0.25) is 10.0 Å². The number of amides is 2. The lowest BCUT2D eigenvalue weighted by Gasteiger charge is -2.25. The molecule has 2 aromatic carbocycles. The van der Waals surface area contributed by atoms with E-state index in [1.165, 1.54) is 21.3 Å². The normalized spacial score (nSPS) is 17.1. The van der Waals surface area contributed by atoms with Gasteiger partial charge in [-0.15, -0.1) is 0 Å². The molecule has 1 N–H and O–H groups in total. The Bertz CT molecular complexity index is 992.